The number of aryl methyl sites for hydroxylation is 2. The molecule has 30 heavy (non-hydrogen) atoms. The number of hydrogen-bond donors (Lipinski definition) is 1. The number of amides is 2. The highest BCUT2D eigenvalue weighted by atomic mass is 32.1. The number of rotatable bonds is 4. The molecule has 0 bridgehead atoms. The summed E-state index contributed by atoms with van der Waals surface area (Å²) in [4.78, 5) is 27.2. The first kappa shape index (κ1) is 19.9. The lowest BCUT2D eigenvalue weighted by Gasteiger charge is -2.29. The first-order chi connectivity index (χ1) is 14.4. The van der Waals surface area contributed by atoms with Gasteiger partial charge in [0.25, 0.3) is 11.8 Å². The zero-order chi connectivity index (χ0) is 21.4. The predicted molar refractivity (Wildman–Crippen MR) is 116 cm³/mol. The van der Waals surface area contributed by atoms with E-state index in [0.717, 1.165) is 11.1 Å². The molecule has 2 heterocycles. The van der Waals surface area contributed by atoms with Gasteiger partial charge in [-0.1, -0.05) is 6.07 Å². The molecule has 0 spiro atoms. The molecule has 0 saturated carbocycles. The highest BCUT2D eigenvalue weighted by Gasteiger charge is 2.35. The Morgan fingerprint density at radius 2 is 1.77 bits per heavy atom. The molecule has 0 aromatic heterocycles. The number of hydrogen-bond acceptors (Lipinski definition) is 6. The van der Waals surface area contributed by atoms with Crippen LogP contribution in [-0.4, -0.2) is 30.3 Å². The van der Waals surface area contributed by atoms with E-state index in [9.17, 15) is 9.59 Å². The molecule has 1 saturated heterocycles. The summed E-state index contributed by atoms with van der Waals surface area (Å²) in [7, 11) is 0. The van der Waals surface area contributed by atoms with Crippen LogP contribution in [0.3, 0.4) is 0 Å². The zero-order valence-corrected chi connectivity index (χ0v) is 17.6. The van der Waals surface area contributed by atoms with Crippen molar-refractivity contribution in [3.63, 3.8) is 0 Å². The van der Waals surface area contributed by atoms with Crippen LogP contribution in [-0.2, 0) is 9.59 Å². The van der Waals surface area contributed by atoms with Crippen LogP contribution < -0.4 is 24.4 Å². The molecule has 0 atom stereocenters. The minimum absolute atomic E-state index is 0.0443. The number of anilines is 1. The molecule has 2 aromatic rings. The Balaban J connectivity index is 1.78. The van der Waals surface area contributed by atoms with Crippen LogP contribution in [0, 0.1) is 13.8 Å². The van der Waals surface area contributed by atoms with Crippen molar-refractivity contribution < 1.29 is 23.8 Å². The maximum atomic E-state index is 13.3. The monoisotopic (exact) mass is 424 g/mol. The average Bonchev–Trinajstić information content (AvgIpc) is 3.11. The van der Waals surface area contributed by atoms with Gasteiger partial charge in [-0.25, -0.2) is 0 Å². The minimum atomic E-state index is -0.564. The molecular formula is C22H20N2O5S. The molecule has 0 unspecified atom stereocenters. The van der Waals surface area contributed by atoms with Crippen molar-refractivity contribution in [2.75, 3.05) is 18.3 Å². The molecule has 2 aliphatic rings. The number of ether oxygens (including phenoxy) is 3. The van der Waals surface area contributed by atoms with E-state index in [-0.39, 0.29) is 17.5 Å². The lowest BCUT2D eigenvalue weighted by Crippen LogP contribution is -2.54. The summed E-state index contributed by atoms with van der Waals surface area (Å²) >= 11 is 5.28. The van der Waals surface area contributed by atoms with E-state index in [0.29, 0.717) is 35.1 Å². The Hall–Kier alpha value is -3.39. The summed E-state index contributed by atoms with van der Waals surface area (Å²) in [5.41, 5.74) is 3.05. The summed E-state index contributed by atoms with van der Waals surface area (Å²) in [5.74, 6) is 0.495. The third-order valence-corrected chi connectivity index (χ3v) is 4.96. The molecule has 2 amide bonds. The fraction of sp³-hybridized carbons (Fsp3) is 0.227. The van der Waals surface area contributed by atoms with Gasteiger partial charge < -0.3 is 14.2 Å². The van der Waals surface area contributed by atoms with Gasteiger partial charge in [0, 0.05) is 11.6 Å². The predicted octanol–water partition coefficient (Wildman–Crippen LogP) is 3.26. The Kier molecular flexibility index (Phi) is 5.17. The lowest BCUT2D eigenvalue weighted by atomic mass is 10.0. The zero-order valence-electron chi connectivity index (χ0n) is 16.8. The maximum absolute atomic E-state index is 13.3. The molecule has 0 aliphatic carbocycles. The number of carbonyl (C=O) groups is 2. The van der Waals surface area contributed by atoms with Gasteiger partial charge in [0.15, 0.2) is 16.6 Å². The minimum Gasteiger partial charge on any atom is -0.493 e. The molecule has 1 fully saturated rings. The van der Waals surface area contributed by atoms with Crippen molar-refractivity contribution in [1.29, 1.82) is 0 Å². The Labute approximate surface area is 179 Å². The van der Waals surface area contributed by atoms with Crippen molar-refractivity contribution in [2.45, 2.75) is 20.8 Å². The second-order valence-electron chi connectivity index (χ2n) is 6.98. The van der Waals surface area contributed by atoms with Crippen LogP contribution >= 0.6 is 12.2 Å². The first-order valence-corrected chi connectivity index (χ1v) is 9.84. The van der Waals surface area contributed by atoms with Gasteiger partial charge in [-0.05, 0) is 68.4 Å². The van der Waals surface area contributed by atoms with Crippen LogP contribution in [0.2, 0.25) is 0 Å². The van der Waals surface area contributed by atoms with Crippen LogP contribution in [0.25, 0.3) is 6.08 Å². The molecule has 4 rings (SSSR count). The van der Waals surface area contributed by atoms with Gasteiger partial charge in [-0.2, -0.15) is 0 Å². The molecule has 154 valence electrons. The Bertz CT molecular complexity index is 1090. The van der Waals surface area contributed by atoms with E-state index >= 15 is 0 Å². The van der Waals surface area contributed by atoms with Gasteiger partial charge in [0.05, 0.1) is 12.3 Å². The van der Waals surface area contributed by atoms with Crippen molar-refractivity contribution >= 4 is 40.9 Å². The molecule has 2 aromatic carbocycles. The number of carbonyl (C=O) groups excluding carboxylic acids is 2. The number of fused-ring (bicyclic) bond motifs is 1. The molecule has 7 nitrogen and oxygen atoms in total. The van der Waals surface area contributed by atoms with Gasteiger partial charge >= 0.3 is 0 Å². The average molecular weight is 424 g/mol. The van der Waals surface area contributed by atoms with Crippen LogP contribution in [0.5, 0.6) is 17.2 Å². The fourth-order valence-corrected chi connectivity index (χ4v) is 3.74. The summed E-state index contributed by atoms with van der Waals surface area (Å²) in [6.07, 6.45) is 1.49. The molecule has 8 heteroatoms. The van der Waals surface area contributed by atoms with Crippen molar-refractivity contribution in [3.05, 3.63) is 52.6 Å². The van der Waals surface area contributed by atoms with Crippen molar-refractivity contribution in [1.82, 2.24) is 5.32 Å². The number of nitrogens with one attached hydrogen (secondary N) is 1. The largest absolute Gasteiger partial charge is 0.493 e. The van der Waals surface area contributed by atoms with E-state index in [1.54, 1.807) is 12.1 Å². The SMILES string of the molecule is CCOc1cc2c(cc1/C=C1\C(=O)NC(=S)N(c3cc(C)cc(C)c3)C1=O)OCO2. The molecule has 0 radical (unpaired) electrons. The van der Waals surface area contributed by atoms with Crippen molar-refractivity contribution in [3.8, 4) is 17.2 Å². The quantitative estimate of drug-likeness (QED) is 0.461. The lowest BCUT2D eigenvalue weighted by molar-refractivity contribution is -0.122. The topological polar surface area (TPSA) is 77.1 Å². The fourth-order valence-electron chi connectivity index (χ4n) is 3.46. The molecular weight excluding hydrogens is 404 g/mol. The van der Waals surface area contributed by atoms with Crippen LogP contribution in [0.4, 0.5) is 5.69 Å². The summed E-state index contributed by atoms with van der Waals surface area (Å²) in [6.45, 7) is 6.23. The highest BCUT2D eigenvalue weighted by Crippen LogP contribution is 2.39. The Morgan fingerprint density at radius 3 is 2.43 bits per heavy atom. The maximum Gasteiger partial charge on any atom is 0.270 e. The van der Waals surface area contributed by atoms with Crippen molar-refractivity contribution in [2.24, 2.45) is 0 Å². The number of nitrogens with zero attached hydrogens (tertiary/aromatic N) is 1. The van der Waals surface area contributed by atoms with E-state index in [1.165, 1.54) is 11.0 Å². The third kappa shape index (κ3) is 3.61. The molecule has 2 aliphatic heterocycles. The summed E-state index contributed by atoms with van der Waals surface area (Å²) < 4.78 is 16.5. The third-order valence-electron chi connectivity index (χ3n) is 4.67. The summed E-state index contributed by atoms with van der Waals surface area (Å²) in [5, 5.41) is 2.65. The van der Waals surface area contributed by atoms with Gasteiger partial charge in [-0.15, -0.1) is 0 Å². The smallest absolute Gasteiger partial charge is 0.270 e. The second kappa shape index (κ2) is 7.79. The van der Waals surface area contributed by atoms with Crippen LogP contribution in [0.15, 0.2) is 35.9 Å². The highest BCUT2D eigenvalue weighted by molar-refractivity contribution is 7.80. The molecule has 1 N–H and O–H groups in total. The summed E-state index contributed by atoms with van der Waals surface area (Å²) in [6, 6.07) is 9.07. The standard InChI is InChI=1S/C22H20N2O5S/c1-4-27-17-10-19-18(28-11-29-19)9-14(17)8-16-20(25)23-22(30)24(21(16)26)15-6-12(2)5-13(3)7-15/h5-10H,4,11H2,1-3H3,(H,23,25,30)/b16-8+. The Morgan fingerprint density at radius 1 is 1.10 bits per heavy atom. The van der Waals surface area contributed by atoms with E-state index in [4.69, 9.17) is 26.4 Å². The van der Waals surface area contributed by atoms with E-state index in [1.807, 2.05) is 39.0 Å². The van der Waals surface area contributed by atoms with Gasteiger partial charge in [-0.3, -0.25) is 19.8 Å². The van der Waals surface area contributed by atoms with Crippen LogP contribution in [0.1, 0.15) is 23.6 Å². The normalized spacial score (nSPS) is 16.8. The number of thiocarbonyl (C=S) groups is 1. The van der Waals surface area contributed by atoms with Gasteiger partial charge in [0.1, 0.15) is 11.3 Å². The van der Waals surface area contributed by atoms with E-state index in [2.05, 4.69) is 5.32 Å². The van der Waals surface area contributed by atoms with Gasteiger partial charge in [0.2, 0.25) is 6.79 Å². The first-order valence-electron chi connectivity index (χ1n) is 9.43. The second-order valence-corrected chi connectivity index (χ2v) is 7.37. The van der Waals surface area contributed by atoms with E-state index < -0.39 is 11.8 Å². The number of benzene rings is 2.